The fourth-order valence-electron chi connectivity index (χ4n) is 2.18. The summed E-state index contributed by atoms with van der Waals surface area (Å²) in [5.41, 5.74) is 5.19. The van der Waals surface area contributed by atoms with E-state index in [2.05, 4.69) is 28.4 Å². The lowest BCUT2D eigenvalue weighted by molar-refractivity contribution is 0.891. The van der Waals surface area contributed by atoms with E-state index in [0.717, 1.165) is 29.9 Å². The van der Waals surface area contributed by atoms with Gasteiger partial charge in [0.2, 0.25) is 0 Å². The number of rotatable bonds is 5. The second-order valence-corrected chi connectivity index (χ2v) is 4.64. The molecule has 2 aromatic rings. The number of hydrogen-bond donors (Lipinski definition) is 2. The molecule has 0 fully saturated rings. The second kappa shape index (κ2) is 6.68. The van der Waals surface area contributed by atoms with Gasteiger partial charge in [0.25, 0.3) is 0 Å². The van der Waals surface area contributed by atoms with Crippen LogP contribution in [-0.2, 0) is 6.42 Å². The minimum absolute atomic E-state index is 0.632. The number of anilines is 3. The zero-order valence-electron chi connectivity index (χ0n) is 12.2. The molecule has 3 N–H and O–H groups in total. The van der Waals surface area contributed by atoms with Gasteiger partial charge in [-0.05, 0) is 30.7 Å². The highest BCUT2D eigenvalue weighted by atomic mass is 15.3. The van der Waals surface area contributed by atoms with Crippen LogP contribution in [0.15, 0.2) is 30.6 Å². The molecule has 0 aliphatic carbocycles. The monoisotopic (exact) mass is 282 g/mol. The van der Waals surface area contributed by atoms with E-state index in [4.69, 9.17) is 11.1 Å². The predicted molar refractivity (Wildman–Crippen MR) is 83.1 cm³/mol. The molecule has 21 heavy (non-hydrogen) atoms. The van der Waals surface area contributed by atoms with Crippen molar-refractivity contribution in [3.8, 4) is 6.07 Å². The first kappa shape index (κ1) is 14.8. The van der Waals surface area contributed by atoms with Crippen molar-refractivity contribution >= 4 is 17.3 Å². The maximum Gasteiger partial charge on any atom is 0.148 e. The molecule has 0 aliphatic rings. The Kier molecular flexibility index (Phi) is 4.69. The molecule has 0 saturated carbocycles. The molecule has 0 bridgehead atoms. The Morgan fingerprint density at radius 2 is 2.00 bits per heavy atom. The van der Waals surface area contributed by atoms with E-state index in [-0.39, 0.29) is 0 Å². The summed E-state index contributed by atoms with van der Waals surface area (Å²) < 4.78 is 0. The fraction of sp³-hybridized carbons (Fsp3) is 0.267. The highest BCUT2D eigenvalue weighted by molar-refractivity contribution is 5.67. The van der Waals surface area contributed by atoms with Crippen molar-refractivity contribution in [2.24, 2.45) is 5.84 Å². The molecule has 1 aromatic carbocycles. The van der Waals surface area contributed by atoms with Gasteiger partial charge in [-0.3, -0.25) is 0 Å². The Bertz CT molecular complexity index is 644. The number of nitriles is 1. The lowest BCUT2D eigenvalue weighted by Gasteiger charge is -2.22. The summed E-state index contributed by atoms with van der Waals surface area (Å²) in [7, 11) is 1.93. The first-order chi connectivity index (χ1) is 10.2. The van der Waals surface area contributed by atoms with Crippen LogP contribution < -0.4 is 16.2 Å². The smallest absolute Gasteiger partial charge is 0.148 e. The van der Waals surface area contributed by atoms with Gasteiger partial charge in [-0.25, -0.2) is 15.8 Å². The maximum atomic E-state index is 8.86. The Hall–Kier alpha value is -2.65. The Labute approximate surface area is 124 Å². The van der Waals surface area contributed by atoms with Crippen LogP contribution in [0.25, 0.3) is 0 Å². The van der Waals surface area contributed by atoms with E-state index < -0.39 is 0 Å². The number of aromatic nitrogens is 2. The van der Waals surface area contributed by atoms with E-state index in [0.29, 0.717) is 11.4 Å². The molecule has 108 valence electrons. The summed E-state index contributed by atoms with van der Waals surface area (Å²) in [4.78, 5) is 10.5. The average molecular weight is 282 g/mol. The van der Waals surface area contributed by atoms with Gasteiger partial charge in [-0.1, -0.05) is 13.3 Å². The number of nitrogens with one attached hydrogen (secondary N) is 1. The van der Waals surface area contributed by atoms with E-state index in [1.54, 1.807) is 12.1 Å². The first-order valence-corrected chi connectivity index (χ1v) is 6.75. The third-order valence-corrected chi connectivity index (χ3v) is 3.26. The van der Waals surface area contributed by atoms with Crippen LogP contribution in [0.1, 0.15) is 24.5 Å². The number of hydrogen-bond acceptors (Lipinski definition) is 6. The number of hydrazine groups is 1. The van der Waals surface area contributed by atoms with Gasteiger partial charge < -0.3 is 10.3 Å². The predicted octanol–water partition coefficient (Wildman–Crippen LogP) is 2.35. The van der Waals surface area contributed by atoms with E-state index in [1.165, 1.54) is 6.33 Å². The van der Waals surface area contributed by atoms with E-state index in [9.17, 15) is 0 Å². The summed E-state index contributed by atoms with van der Waals surface area (Å²) in [6.45, 7) is 2.10. The third kappa shape index (κ3) is 3.09. The SMILES string of the molecule is CCCc1c(NN)ncnc1N(C)c1ccc(C#N)cc1. The molecular formula is C15H18N6. The Balaban J connectivity index is 2.42. The van der Waals surface area contributed by atoms with Crippen LogP contribution in [0.3, 0.4) is 0 Å². The van der Waals surface area contributed by atoms with Crippen molar-refractivity contribution in [3.05, 3.63) is 41.7 Å². The molecule has 2 rings (SSSR count). The normalized spacial score (nSPS) is 10.0. The summed E-state index contributed by atoms with van der Waals surface area (Å²) in [5, 5.41) is 8.86. The molecule has 1 aromatic heterocycles. The molecule has 0 atom stereocenters. The molecule has 1 heterocycles. The van der Waals surface area contributed by atoms with Crippen LogP contribution in [0, 0.1) is 11.3 Å². The molecule has 0 radical (unpaired) electrons. The molecular weight excluding hydrogens is 264 g/mol. The number of nitrogens with zero attached hydrogens (tertiary/aromatic N) is 4. The highest BCUT2D eigenvalue weighted by Gasteiger charge is 2.15. The van der Waals surface area contributed by atoms with Gasteiger partial charge in [-0.15, -0.1) is 0 Å². The van der Waals surface area contributed by atoms with Gasteiger partial charge in [-0.2, -0.15) is 5.26 Å². The molecule has 0 spiro atoms. The van der Waals surface area contributed by atoms with Gasteiger partial charge >= 0.3 is 0 Å². The first-order valence-electron chi connectivity index (χ1n) is 6.75. The van der Waals surface area contributed by atoms with Crippen molar-refractivity contribution in [1.29, 1.82) is 5.26 Å². The van der Waals surface area contributed by atoms with E-state index in [1.807, 2.05) is 24.1 Å². The summed E-state index contributed by atoms with van der Waals surface area (Å²) in [6, 6.07) is 9.47. The number of nitrogen functional groups attached to an aromatic ring is 1. The van der Waals surface area contributed by atoms with Gasteiger partial charge in [0.15, 0.2) is 0 Å². The molecule has 0 saturated heterocycles. The standard InChI is InChI=1S/C15H18N6/c1-3-4-13-14(20-17)18-10-19-15(13)21(2)12-7-5-11(9-16)6-8-12/h5-8,10H,3-4,17H2,1-2H3,(H,18,19,20). The fourth-order valence-corrected chi connectivity index (χ4v) is 2.18. The second-order valence-electron chi connectivity index (χ2n) is 4.64. The van der Waals surface area contributed by atoms with Crippen LogP contribution in [0.4, 0.5) is 17.3 Å². The minimum atomic E-state index is 0.632. The van der Waals surface area contributed by atoms with E-state index >= 15 is 0 Å². The number of nitrogens with two attached hydrogens (primary N) is 1. The van der Waals surface area contributed by atoms with Crippen LogP contribution >= 0.6 is 0 Å². The van der Waals surface area contributed by atoms with Crippen LogP contribution in [-0.4, -0.2) is 17.0 Å². The zero-order chi connectivity index (χ0) is 15.2. The summed E-state index contributed by atoms with van der Waals surface area (Å²) in [5.74, 6) is 6.98. The Morgan fingerprint density at radius 1 is 1.29 bits per heavy atom. The lowest BCUT2D eigenvalue weighted by atomic mass is 10.1. The van der Waals surface area contributed by atoms with Crippen molar-refractivity contribution < 1.29 is 0 Å². The average Bonchev–Trinajstić information content (AvgIpc) is 2.54. The van der Waals surface area contributed by atoms with Crippen LogP contribution in [0.5, 0.6) is 0 Å². The maximum absolute atomic E-state index is 8.86. The van der Waals surface area contributed by atoms with Crippen LogP contribution in [0.2, 0.25) is 0 Å². The number of benzene rings is 1. The summed E-state index contributed by atoms with van der Waals surface area (Å²) in [6.07, 6.45) is 3.29. The third-order valence-electron chi connectivity index (χ3n) is 3.26. The minimum Gasteiger partial charge on any atom is -0.329 e. The van der Waals surface area contributed by atoms with Crippen molar-refractivity contribution in [2.45, 2.75) is 19.8 Å². The Morgan fingerprint density at radius 3 is 2.57 bits per heavy atom. The highest BCUT2D eigenvalue weighted by Crippen LogP contribution is 2.29. The molecule has 6 nitrogen and oxygen atoms in total. The molecule has 0 aliphatic heterocycles. The lowest BCUT2D eigenvalue weighted by Crippen LogP contribution is -2.18. The van der Waals surface area contributed by atoms with Crippen molar-refractivity contribution in [1.82, 2.24) is 9.97 Å². The van der Waals surface area contributed by atoms with Gasteiger partial charge in [0.1, 0.15) is 18.0 Å². The van der Waals surface area contributed by atoms with Gasteiger partial charge in [0.05, 0.1) is 11.6 Å². The van der Waals surface area contributed by atoms with Crippen molar-refractivity contribution in [2.75, 3.05) is 17.4 Å². The zero-order valence-corrected chi connectivity index (χ0v) is 12.2. The van der Waals surface area contributed by atoms with Crippen molar-refractivity contribution in [3.63, 3.8) is 0 Å². The topological polar surface area (TPSA) is 90.9 Å². The molecule has 6 heteroatoms. The summed E-state index contributed by atoms with van der Waals surface area (Å²) >= 11 is 0. The quantitative estimate of drug-likeness (QED) is 0.646. The van der Waals surface area contributed by atoms with Gasteiger partial charge in [0, 0.05) is 18.3 Å². The molecule has 0 amide bonds. The largest absolute Gasteiger partial charge is 0.329 e. The molecule has 0 unspecified atom stereocenters.